The molecule has 0 amide bonds. The zero-order valence-corrected chi connectivity index (χ0v) is 19.7. The number of nitrogens with one attached hydrogen (secondary N) is 1. The van der Waals surface area contributed by atoms with Crippen LogP contribution in [0, 0.1) is 6.92 Å². The molecule has 1 aliphatic heterocycles. The highest BCUT2D eigenvalue weighted by atomic mass is 127. The fourth-order valence-electron chi connectivity index (χ4n) is 3.12. The van der Waals surface area contributed by atoms with E-state index in [9.17, 15) is 0 Å². The molecule has 1 N–H and O–H groups in total. The van der Waals surface area contributed by atoms with Crippen molar-refractivity contribution in [1.82, 2.24) is 20.4 Å². The van der Waals surface area contributed by atoms with Crippen LogP contribution in [0.25, 0.3) is 0 Å². The van der Waals surface area contributed by atoms with Gasteiger partial charge >= 0.3 is 0 Å². The molecule has 0 bridgehead atoms. The topological polar surface area (TPSA) is 69.8 Å². The second-order valence-corrected chi connectivity index (χ2v) is 7.98. The van der Waals surface area contributed by atoms with E-state index in [4.69, 9.17) is 4.52 Å². The van der Waals surface area contributed by atoms with Gasteiger partial charge in [0.05, 0.1) is 6.54 Å². The third-order valence-electron chi connectivity index (χ3n) is 4.67. The summed E-state index contributed by atoms with van der Waals surface area (Å²) in [6.45, 7) is 12.6. The number of rotatable bonds is 3. The number of nitrogens with zero attached hydrogens (tertiary/aromatic N) is 5. The number of benzene rings is 1. The molecule has 1 saturated heterocycles. The van der Waals surface area contributed by atoms with Crippen molar-refractivity contribution in [3.63, 3.8) is 0 Å². The fourth-order valence-corrected chi connectivity index (χ4v) is 3.12. The van der Waals surface area contributed by atoms with E-state index in [1.54, 1.807) is 0 Å². The first kappa shape index (κ1) is 22.4. The molecule has 0 spiro atoms. The maximum Gasteiger partial charge on any atom is 0.232 e. The number of hydrogen-bond donors (Lipinski definition) is 1. The van der Waals surface area contributed by atoms with E-state index in [1.807, 2.05) is 7.05 Å². The quantitative estimate of drug-likeness (QED) is 0.399. The lowest BCUT2D eigenvalue weighted by atomic mass is 9.97. The average molecular weight is 498 g/mol. The molecule has 0 radical (unpaired) electrons. The first-order chi connectivity index (χ1) is 12.9. The van der Waals surface area contributed by atoms with Crippen LogP contribution in [0.4, 0.5) is 5.69 Å². The van der Waals surface area contributed by atoms with E-state index >= 15 is 0 Å². The summed E-state index contributed by atoms with van der Waals surface area (Å²) >= 11 is 0. The molecular formula is C20H31IN6O. The van der Waals surface area contributed by atoms with E-state index in [0.29, 0.717) is 18.3 Å². The molecule has 7 nitrogen and oxygen atoms in total. The van der Waals surface area contributed by atoms with Gasteiger partial charge in [0.1, 0.15) is 0 Å². The number of aliphatic imine (C=N–C) groups is 1. The van der Waals surface area contributed by atoms with Crippen molar-refractivity contribution >= 4 is 35.6 Å². The molecule has 0 atom stereocenters. The second-order valence-electron chi connectivity index (χ2n) is 7.98. The summed E-state index contributed by atoms with van der Waals surface area (Å²) in [5.74, 6) is 2.18. The van der Waals surface area contributed by atoms with Gasteiger partial charge in [-0.1, -0.05) is 38.1 Å². The van der Waals surface area contributed by atoms with Crippen LogP contribution in [0.5, 0.6) is 0 Å². The minimum atomic E-state index is -0.140. The van der Waals surface area contributed by atoms with Gasteiger partial charge < -0.3 is 19.6 Å². The van der Waals surface area contributed by atoms with Crippen molar-refractivity contribution in [2.45, 2.75) is 39.7 Å². The summed E-state index contributed by atoms with van der Waals surface area (Å²) in [4.78, 5) is 13.6. The zero-order valence-electron chi connectivity index (χ0n) is 17.4. The van der Waals surface area contributed by atoms with Gasteiger partial charge in [0, 0.05) is 44.3 Å². The second kappa shape index (κ2) is 9.58. The minimum Gasteiger partial charge on any atom is -0.368 e. The molecule has 1 fully saturated rings. The standard InChI is InChI=1S/C20H30N6O.HI/c1-15-7-6-8-16(13-15)25-9-11-26(12-10-25)19(21-5)22-14-17-23-18(27-24-17)20(2,3)4;/h6-8,13H,9-12,14H2,1-5H3,(H,21,22);1H. The van der Waals surface area contributed by atoms with Gasteiger partial charge in [-0.3, -0.25) is 4.99 Å². The van der Waals surface area contributed by atoms with Gasteiger partial charge in [-0.25, -0.2) is 0 Å². The van der Waals surface area contributed by atoms with Crippen LogP contribution in [0.1, 0.15) is 38.0 Å². The van der Waals surface area contributed by atoms with Crippen LogP contribution in [0.15, 0.2) is 33.8 Å². The molecule has 1 aromatic heterocycles. The van der Waals surface area contributed by atoms with Crippen molar-refractivity contribution < 1.29 is 4.52 Å². The number of guanidine groups is 1. The van der Waals surface area contributed by atoms with Gasteiger partial charge in [-0.05, 0) is 24.6 Å². The van der Waals surface area contributed by atoms with E-state index in [2.05, 4.69) is 82.2 Å². The summed E-state index contributed by atoms with van der Waals surface area (Å²) in [6.07, 6.45) is 0. The van der Waals surface area contributed by atoms with Gasteiger partial charge in [0.2, 0.25) is 5.89 Å². The highest BCUT2D eigenvalue weighted by Gasteiger charge is 2.23. The summed E-state index contributed by atoms with van der Waals surface area (Å²) < 4.78 is 5.35. The monoisotopic (exact) mass is 498 g/mol. The minimum absolute atomic E-state index is 0. The number of aryl methyl sites for hydroxylation is 1. The van der Waals surface area contributed by atoms with Gasteiger partial charge in [0.15, 0.2) is 11.8 Å². The Morgan fingerprint density at radius 3 is 2.50 bits per heavy atom. The molecule has 0 saturated carbocycles. The number of anilines is 1. The lowest BCUT2D eigenvalue weighted by Crippen LogP contribution is -2.52. The third kappa shape index (κ3) is 5.59. The van der Waals surface area contributed by atoms with E-state index < -0.39 is 0 Å². The van der Waals surface area contributed by atoms with E-state index in [0.717, 1.165) is 32.1 Å². The van der Waals surface area contributed by atoms with Crippen molar-refractivity contribution in [3.8, 4) is 0 Å². The molecule has 0 aliphatic carbocycles. The number of halogens is 1. The molecule has 2 aromatic rings. The number of aromatic nitrogens is 2. The summed E-state index contributed by atoms with van der Waals surface area (Å²) in [5.41, 5.74) is 2.44. The Labute approximate surface area is 184 Å². The molecule has 8 heteroatoms. The smallest absolute Gasteiger partial charge is 0.232 e. The number of hydrogen-bond acceptors (Lipinski definition) is 5. The Morgan fingerprint density at radius 2 is 1.93 bits per heavy atom. The van der Waals surface area contributed by atoms with Crippen LogP contribution >= 0.6 is 24.0 Å². The summed E-state index contributed by atoms with van der Waals surface area (Å²) in [7, 11) is 1.81. The molecule has 28 heavy (non-hydrogen) atoms. The largest absolute Gasteiger partial charge is 0.368 e. The van der Waals surface area contributed by atoms with Crippen molar-refractivity contribution in [2.75, 3.05) is 38.1 Å². The van der Waals surface area contributed by atoms with Crippen molar-refractivity contribution in [1.29, 1.82) is 0 Å². The fraction of sp³-hybridized carbons (Fsp3) is 0.550. The van der Waals surface area contributed by atoms with Crippen LogP contribution in [0.3, 0.4) is 0 Å². The highest BCUT2D eigenvalue weighted by Crippen LogP contribution is 2.20. The Hall–Kier alpha value is -1.84. The van der Waals surface area contributed by atoms with Crippen molar-refractivity contribution in [2.24, 2.45) is 4.99 Å². The zero-order chi connectivity index (χ0) is 19.4. The third-order valence-corrected chi connectivity index (χ3v) is 4.67. The van der Waals surface area contributed by atoms with Crippen LogP contribution in [0.2, 0.25) is 0 Å². The van der Waals surface area contributed by atoms with E-state index in [-0.39, 0.29) is 29.4 Å². The maximum absolute atomic E-state index is 5.35. The normalized spacial score (nSPS) is 15.4. The summed E-state index contributed by atoms with van der Waals surface area (Å²) in [6, 6.07) is 8.67. The Bertz CT molecular complexity index is 790. The Kier molecular flexibility index (Phi) is 7.68. The van der Waals surface area contributed by atoms with Gasteiger partial charge in [0.25, 0.3) is 0 Å². The highest BCUT2D eigenvalue weighted by molar-refractivity contribution is 14.0. The predicted molar refractivity (Wildman–Crippen MR) is 124 cm³/mol. The van der Waals surface area contributed by atoms with Crippen LogP contribution in [-0.4, -0.2) is 54.2 Å². The number of piperazine rings is 1. The molecule has 1 aliphatic rings. The molecule has 1 aromatic carbocycles. The first-order valence-electron chi connectivity index (χ1n) is 9.47. The van der Waals surface area contributed by atoms with Crippen molar-refractivity contribution in [3.05, 3.63) is 41.5 Å². The maximum atomic E-state index is 5.35. The first-order valence-corrected chi connectivity index (χ1v) is 9.47. The average Bonchev–Trinajstić information content (AvgIpc) is 3.12. The van der Waals surface area contributed by atoms with Gasteiger partial charge in [-0.15, -0.1) is 24.0 Å². The van der Waals surface area contributed by atoms with Gasteiger partial charge in [-0.2, -0.15) is 4.98 Å². The molecule has 0 unspecified atom stereocenters. The summed E-state index contributed by atoms with van der Waals surface area (Å²) in [5, 5.41) is 7.42. The molecule has 154 valence electrons. The predicted octanol–water partition coefficient (Wildman–Crippen LogP) is 3.19. The lowest BCUT2D eigenvalue weighted by Gasteiger charge is -2.37. The van der Waals surface area contributed by atoms with E-state index in [1.165, 1.54) is 11.3 Å². The molecule has 3 rings (SSSR count). The van der Waals surface area contributed by atoms with Crippen LogP contribution < -0.4 is 10.2 Å². The Balaban J connectivity index is 0.00000280. The Morgan fingerprint density at radius 1 is 1.21 bits per heavy atom. The lowest BCUT2D eigenvalue weighted by molar-refractivity contribution is 0.317. The SMILES string of the molecule is CN=C(NCc1noc(C(C)(C)C)n1)N1CCN(c2cccc(C)c2)CC1.I. The molecular weight excluding hydrogens is 467 g/mol. The van der Waals surface area contributed by atoms with Crippen LogP contribution in [-0.2, 0) is 12.0 Å². The molecule has 2 heterocycles.